The lowest BCUT2D eigenvalue weighted by molar-refractivity contribution is -0.143. The molecule has 2 rings (SSSR count). The van der Waals surface area contributed by atoms with Gasteiger partial charge in [0.05, 0.1) is 12.0 Å². The SMILES string of the molecule is O=C(NC1CCC(O)CC1)NC1CCCCC1C(=O)O. The molecule has 4 N–H and O–H groups in total. The Hall–Kier alpha value is -1.30. The van der Waals surface area contributed by atoms with Crippen molar-refractivity contribution in [3.8, 4) is 0 Å². The lowest BCUT2D eigenvalue weighted by atomic mass is 9.84. The lowest BCUT2D eigenvalue weighted by Crippen LogP contribution is -2.51. The molecule has 0 aromatic carbocycles. The molecule has 0 bridgehead atoms. The highest BCUT2D eigenvalue weighted by Crippen LogP contribution is 2.24. The molecule has 0 aliphatic heterocycles. The van der Waals surface area contributed by atoms with Gasteiger partial charge in [-0.05, 0) is 38.5 Å². The smallest absolute Gasteiger partial charge is 0.315 e. The van der Waals surface area contributed by atoms with Crippen LogP contribution < -0.4 is 10.6 Å². The zero-order chi connectivity index (χ0) is 14.5. The van der Waals surface area contributed by atoms with Gasteiger partial charge in [0.25, 0.3) is 0 Å². The molecule has 0 spiro atoms. The third-order valence-electron chi connectivity index (χ3n) is 4.43. The van der Waals surface area contributed by atoms with E-state index in [2.05, 4.69) is 10.6 Å². The highest BCUT2D eigenvalue weighted by atomic mass is 16.4. The summed E-state index contributed by atoms with van der Waals surface area (Å²) in [5, 5.41) is 24.3. The number of nitrogens with one attached hydrogen (secondary N) is 2. The van der Waals surface area contributed by atoms with Crippen LogP contribution in [0.15, 0.2) is 0 Å². The van der Waals surface area contributed by atoms with E-state index in [1.807, 2.05) is 0 Å². The summed E-state index contributed by atoms with van der Waals surface area (Å²) in [6.07, 6.45) is 5.98. The average Bonchev–Trinajstić information content (AvgIpc) is 2.41. The zero-order valence-electron chi connectivity index (χ0n) is 11.7. The molecule has 114 valence electrons. The number of aliphatic hydroxyl groups excluding tert-OH is 1. The van der Waals surface area contributed by atoms with Gasteiger partial charge >= 0.3 is 12.0 Å². The highest BCUT2D eigenvalue weighted by Gasteiger charge is 2.32. The van der Waals surface area contributed by atoms with Crippen LogP contribution in [0.2, 0.25) is 0 Å². The van der Waals surface area contributed by atoms with Crippen LogP contribution in [0.3, 0.4) is 0 Å². The Morgan fingerprint density at radius 2 is 1.55 bits per heavy atom. The van der Waals surface area contributed by atoms with Crippen molar-refractivity contribution in [3.63, 3.8) is 0 Å². The normalized spacial score (nSPS) is 34.2. The number of urea groups is 1. The first-order valence-electron chi connectivity index (χ1n) is 7.54. The average molecular weight is 284 g/mol. The Labute approximate surface area is 118 Å². The Bertz CT molecular complexity index is 353. The third-order valence-corrected chi connectivity index (χ3v) is 4.43. The van der Waals surface area contributed by atoms with E-state index in [0.717, 1.165) is 32.1 Å². The second-order valence-corrected chi connectivity index (χ2v) is 5.96. The van der Waals surface area contributed by atoms with Crippen molar-refractivity contribution in [2.24, 2.45) is 5.92 Å². The van der Waals surface area contributed by atoms with Gasteiger partial charge in [0.1, 0.15) is 0 Å². The molecule has 0 saturated heterocycles. The van der Waals surface area contributed by atoms with E-state index in [9.17, 15) is 19.8 Å². The first-order chi connectivity index (χ1) is 9.56. The van der Waals surface area contributed by atoms with Crippen molar-refractivity contribution in [1.82, 2.24) is 10.6 Å². The number of rotatable bonds is 3. The van der Waals surface area contributed by atoms with Crippen LogP contribution in [0.1, 0.15) is 51.4 Å². The van der Waals surface area contributed by atoms with E-state index < -0.39 is 11.9 Å². The highest BCUT2D eigenvalue weighted by molar-refractivity contribution is 5.77. The summed E-state index contributed by atoms with van der Waals surface area (Å²) in [6, 6.07) is -0.453. The van der Waals surface area contributed by atoms with Gasteiger partial charge in [0.2, 0.25) is 0 Å². The molecule has 0 aromatic heterocycles. The summed E-state index contributed by atoms with van der Waals surface area (Å²) in [5.74, 6) is -1.29. The Morgan fingerprint density at radius 3 is 2.20 bits per heavy atom. The van der Waals surface area contributed by atoms with E-state index >= 15 is 0 Å². The summed E-state index contributed by atoms with van der Waals surface area (Å²) in [5.41, 5.74) is 0. The topological polar surface area (TPSA) is 98.7 Å². The molecule has 0 heterocycles. The molecular weight excluding hydrogens is 260 g/mol. The van der Waals surface area contributed by atoms with Crippen LogP contribution >= 0.6 is 0 Å². The summed E-state index contributed by atoms with van der Waals surface area (Å²) in [6.45, 7) is 0. The Kier molecular flexibility index (Phi) is 5.23. The number of amides is 2. The fraction of sp³-hybridized carbons (Fsp3) is 0.857. The molecule has 0 radical (unpaired) electrons. The van der Waals surface area contributed by atoms with Crippen molar-refractivity contribution < 1.29 is 19.8 Å². The van der Waals surface area contributed by atoms with Crippen molar-refractivity contribution >= 4 is 12.0 Å². The zero-order valence-corrected chi connectivity index (χ0v) is 11.7. The Morgan fingerprint density at radius 1 is 0.900 bits per heavy atom. The first-order valence-corrected chi connectivity index (χ1v) is 7.54. The molecule has 0 aromatic rings. The number of carbonyl (C=O) groups is 2. The number of carboxylic acids is 1. The van der Waals surface area contributed by atoms with E-state index in [4.69, 9.17) is 0 Å². The van der Waals surface area contributed by atoms with Crippen LogP contribution in [0.5, 0.6) is 0 Å². The van der Waals surface area contributed by atoms with Crippen LogP contribution in [0.4, 0.5) is 4.79 Å². The monoisotopic (exact) mass is 284 g/mol. The van der Waals surface area contributed by atoms with Crippen molar-refractivity contribution in [1.29, 1.82) is 0 Å². The molecule has 6 heteroatoms. The predicted molar refractivity (Wildman–Crippen MR) is 73.3 cm³/mol. The van der Waals surface area contributed by atoms with E-state index in [1.54, 1.807) is 0 Å². The molecule has 2 atom stereocenters. The van der Waals surface area contributed by atoms with Crippen molar-refractivity contribution in [3.05, 3.63) is 0 Å². The molecular formula is C14H24N2O4. The molecule has 2 aliphatic rings. The van der Waals surface area contributed by atoms with Crippen LogP contribution in [0, 0.1) is 5.92 Å². The summed E-state index contributed by atoms with van der Waals surface area (Å²) >= 11 is 0. The van der Waals surface area contributed by atoms with Gasteiger partial charge in [0.15, 0.2) is 0 Å². The van der Waals surface area contributed by atoms with Crippen LogP contribution in [-0.2, 0) is 4.79 Å². The number of aliphatic carboxylic acids is 1. The van der Waals surface area contributed by atoms with Gasteiger partial charge in [-0.1, -0.05) is 12.8 Å². The van der Waals surface area contributed by atoms with Crippen molar-refractivity contribution in [2.45, 2.75) is 69.6 Å². The second kappa shape index (κ2) is 6.92. The van der Waals surface area contributed by atoms with Gasteiger partial charge in [-0.25, -0.2) is 4.79 Å². The molecule has 2 unspecified atom stereocenters. The second-order valence-electron chi connectivity index (χ2n) is 5.96. The van der Waals surface area contributed by atoms with E-state index in [-0.39, 0.29) is 24.2 Å². The fourth-order valence-corrected chi connectivity index (χ4v) is 3.21. The molecule has 2 aliphatic carbocycles. The number of hydrogen-bond donors (Lipinski definition) is 4. The number of carbonyl (C=O) groups excluding carboxylic acids is 1. The molecule has 2 amide bonds. The largest absolute Gasteiger partial charge is 0.481 e. The van der Waals surface area contributed by atoms with Crippen LogP contribution in [-0.4, -0.2) is 40.4 Å². The summed E-state index contributed by atoms with van der Waals surface area (Å²) in [4.78, 5) is 23.1. The maximum absolute atomic E-state index is 12.0. The van der Waals surface area contributed by atoms with Gasteiger partial charge in [-0.2, -0.15) is 0 Å². The standard InChI is InChI=1S/C14H24N2O4/c17-10-7-5-9(6-8-10)15-14(20)16-12-4-2-1-3-11(12)13(18)19/h9-12,17H,1-8H2,(H,18,19)(H2,15,16,20). The predicted octanol–water partition coefficient (Wildman–Crippen LogP) is 1.23. The molecule has 6 nitrogen and oxygen atoms in total. The minimum atomic E-state index is -0.823. The quantitative estimate of drug-likeness (QED) is 0.626. The van der Waals surface area contributed by atoms with Gasteiger partial charge in [-0.15, -0.1) is 0 Å². The molecule has 20 heavy (non-hydrogen) atoms. The Balaban J connectivity index is 1.79. The number of carboxylic acid groups (broad SMARTS) is 1. The number of hydrogen-bond acceptors (Lipinski definition) is 3. The van der Waals surface area contributed by atoms with Gasteiger partial charge < -0.3 is 20.8 Å². The van der Waals surface area contributed by atoms with Gasteiger partial charge in [0, 0.05) is 12.1 Å². The maximum Gasteiger partial charge on any atom is 0.315 e. The lowest BCUT2D eigenvalue weighted by Gasteiger charge is -2.31. The van der Waals surface area contributed by atoms with E-state index in [1.165, 1.54) is 0 Å². The third kappa shape index (κ3) is 4.10. The molecule has 2 saturated carbocycles. The summed E-state index contributed by atoms with van der Waals surface area (Å²) < 4.78 is 0. The maximum atomic E-state index is 12.0. The fourth-order valence-electron chi connectivity index (χ4n) is 3.21. The summed E-state index contributed by atoms with van der Waals surface area (Å²) in [7, 11) is 0. The minimum absolute atomic E-state index is 0.0882. The first kappa shape index (κ1) is 15.1. The van der Waals surface area contributed by atoms with Gasteiger partial charge in [-0.3, -0.25) is 4.79 Å². The minimum Gasteiger partial charge on any atom is -0.481 e. The number of aliphatic hydroxyl groups is 1. The van der Waals surface area contributed by atoms with Crippen LogP contribution in [0.25, 0.3) is 0 Å². The van der Waals surface area contributed by atoms with Crippen molar-refractivity contribution in [2.75, 3.05) is 0 Å². The van der Waals surface area contributed by atoms with E-state index in [0.29, 0.717) is 19.3 Å². The molecule has 2 fully saturated rings.